The lowest BCUT2D eigenvalue weighted by atomic mass is 9.87. The molecule has 0 unspecified atom stereocenters. The first kappa shape index (κ1) is 15.7. The van der Waals surface area contributed by atoms with Crippen LogP contribution in [0.2, 0.25) is 0 Å². The molecule has 1 fully saturated rings. The molecule has 1 aliphatic carbocycles. The van der Waals surface area contributed by atoms with E-state index >= 15 is 0 Å². The Morgan fingerprint density at radius 3 is 2.43 bits per heavy atom. The summed E-state index contributed by atoms with van der Waals surface area (Å²) in [6.07, 6.45) is 7.86. The SMILES string of the molecule is CN(C)c1ccc(NC(=O)NCCC2CCCCC2)cc1. The number of carbonyl (C=O) groups is 1. The van der Waals surface area contributed by atoms with E-state index in [0.717, 1.165) is 30.3 Å². The number of rotatable bonds is 5. The van der Waals surface area contributed by atoms with Gasteiger partial charge in [0.2, 0.25) is 0 Å². The molecular formula is C17H27N3O. The second kappa shape index (κ2) is 7.91. The van der Waals surface area contributed by atoms with Gasteiger partial charge in [-0.05, 0) is 36.6 Å². The maximum absolute atomic E-state index is 11.8. The van der Waals surface area contributed by atoms with Gasteiger partial charge in [-0.2, -0.15) is 0 Å². The molecule has 21 heavy (non-hydrogen) atoms. The number of urea groups is 1. The van der Waals surface area contributed by atoms with Crippen molar-refractivity contribution >= 4 is 17.4 Å². The van der Waals surface area contributed by atoms with E-state index in [1.54, 1.807) is 0 Å². The van der Waals surface area contributed by atoms with Gasteiger partial charge >= 0.3 is 6.03 Å². The second-order valence-corrected chi connectivity index (χ2v) is 6.11. The number of anilines is 2. The van der Waals surface area contributed by atoms with Crippen LogP contribution in [-0.4, -0.2) is 26.7 Å². The Morgan fingerprint density at radius 1 is 1.14 bits per heavy atom. The van der Waals surface area contributed by atoms with Crippen LogP contribution >= 0.6 is 0 Å². The van der Waals surface area contributed by atoms with Crippen molar-refractivity contribution in [3.8, 4) is 0 Å². The van der Waals surface area contributed by atoms with Crippen LogP contribution in [0.4, 0.5) is 16.2 Å². The van der Waals surface area contributed by atoms with Crippen molar-refractivity contribution < 1.29 is 4.79 Å². The molecule has 2 N–H and O–H groups in total. The monoisotopic (exact) mass is 289 g/mol. The van der Waals surface area contributed by atoms with E-state index in [9.17, 15) is 4.79 Å². The third-order valence-corrected chi connectivity index (χ3v) is 4.20. The zero-order valence-corrected chi connectivity index (χ0v) is 13.2. The Balaban J connectivity index is 1.68. The lowest BCUT2D eigenvalue weighted by Gasteiger charge is -2.21. The third kappa shape index (κ3) is 5.29. The Morgan fingerprint density at radius 2 is 1.81 bits per heavy atom. The summed E-state index contributed by atoms with van der Waals surface area (Å²) >= 11 is 0. The van der Waals surface area contributed by atoms with Crippen LogP contribution in [0.5, 0.6) is 0 Å². The van der Waals surface area contributed by atoms with E-state index in [1.807, 2.05) is 43.3 Å². The highest BCUT2D eigenvalue weighted by atomic mass is 16.2. The highest BCUT2D eigenvalue weighted by Gasteiger charge is 2.13. The predicted molar refractivity (Wildman–Crippen MR) is 89.0 cm³/mol. The van der Waals surface area contributed by atoms with Gasteiger partial charge in [0.15, 0.2) is 0 Å². The zero-order valence-electron chi connectivity index (χ0n) is 13.2. The molecule has 0 radical (unpaired) electrons. The minimum absolute atomic E-state index is 0.108. The summed E-state index contributed by atoms with van der Waals surface area (Å²) in [5.41, 5.74) is 1.95. The fourth-order valence-corrected chi connectivity index (χ4v) is 2.88. The van der Waals surface area contributed by atoms with E-state index in [4.69, 9.17) is 0 Å². The summed E-state index contributed by atoms with van der Waals surface area (Å²) in [5, 5.41) is 5.83. The van der Waals surface area contributed by atoms with Crippen molar-refractivity contribution in [2.45, 2.75) is 38.5 Å². The van der Waals surface area contributed by atoms with E-state index in [2.05, 4.69) is 10.6 Å². The fraction of sp³-hybridized carbons (Fsp3) is 0.588. The normalized spacial score (nSPS) is 15.5. The largest absolute Gasteiger partial charge is 0.378 e. The molecule has 1 aromatic rings. The van der Waals surface area contributed by atoms with Gasteiger partial charge in [-0.1, -0.05) is 32.1 Å². The number of benzene rings is 1. The smallest absolute Gasteiger partial charge is 0.319 e. The second-order valence-electron chi connectivity index (χ2n) is 6.11. The molecule has 0 aliphatic heterocycles. The minimum atomic E-state index is -0.108. The Kier molecular flexibility index (Phi) is 5.90. The van der Waals surface area contributed by atoms with Crippen molar-refractivity contribution in [1.82, 2.24) is 5.32 Å². The molecule has 4 nitrogen and oxygen atoms in total. The number of nitrogens with one attached hydrogen (secondary N) is 2. The molecule has 0 atom stereocenters. The zero-order chi connectivity index (χ0) is 15.1. The van der Waals surface area contributed by atoms with Crippen LogP contribution in [0.25, 0.3) is 0 Å². The van der Waals surface area contributed by atoms with Crippen molar-refractivity contribution in [1.29, 1.82) is 0 Å². The summed E-state index contributed by atoms with van der Waals surface area (Å²) in [6, 6.07) is 7.74. The molecule has 0 aromatic heterocycles. The maximum Gasteiger partial charge on any atom is 0.319 e. The molecule has 2 amide bonds. The van der Waals surface area contributed by atoms with Gasteiger partial charge in [-0.25, -0.2) is 4.79 Å². The lowest BCUT2D eigenvalue weighted by Crippen LogP contribution is -2.30. The third-order valence-electron chi connectivity index (χ3n) is 4.20. The van der Waals surface area contributed by atoms with Crippen LogP contribution in [0.15, 0.2) is 24.3 Å². The molecular weight excluding hydrogens is 262 g/mol. The van der Waals surface area contributed by atoms with Crippen LogP contribution in [-0.2, 0) is 0 Å². The van der Waals surface area contributed by atoms with E-state index in [-0.39, 0.29) is 6.03 Å². The highest BCUT2D eigenvalue weighted by molar-refractivity contribution is 5.89. The summed E-state index contributed by atoms with van der Waals surface area (Å²) in [5.74, 6) is 0.804. The molecule has 1 saturated carbocycles. The first-order valence-electron chi connectivity index (χ1n) is 7.97. The van der Waals surface area contributed by atoms with E-state index < -0.39 is 0 Å². The van der Waals surface area contributed by atoms with Crippen molar-refractivity contribution in [2.75, 3.05) is 30.9 Å². The fourth-order valence-electron chi connectivity index (χ4n) is 2.88. The summed E-state index contributed by atoms with van der Waals surface area (Å²) in [4.78, 5) is 13.9. The molecule has 4 heteroatoms. The predicted octanol–water partition coefficient (Wildman–Crippen LogP) is 3.84. The molecule has 0 heterocycles. The van der Waals surface area contributed by atoms with E-state index in [0.29, 0.717) is 0 Å². The first-order chi connectivity index (χ1) is 10.1. The van der Waals surface area contributed by atoms with Crippen molar-refractivity contribution in [2.24, 2.45) is 5.92 Å². The Bertz CT molecular complexity index is 436. The standard InChI is InChI=1S/C17H27N3O/c1-20(2)16-10-8-15(9-11-16)19-17(21)18-13-12-14-6-4-3-5-7-14/h8-11,14H,3-7,12-13H2,1-2H3,(H2,18,19,21). The number of nitrogens with zero attached hydrogens (tertiary/aromatic N) is 1. The van der Waals surface area contributed by atoms with Gasteiger partial charge < -0.3 is 15.5 Å². The molecule has 0 bridgehead atoms. The van der Waals surface area contributed by atoms with Gasteiger partial charge in [-0.15, -0.1) is 0 Å². The average molecular weight is 289 g/mol. The van der Waals surface area contributed by atoms with Gasteiger partial charge in [0.1, 0.15) is 0 Å². The first-order valence-corrected chi connectivity index (χ1v) is 7.97. The molecule has 2 rings (SSSR count). The highest BCUT2D eigenvalue weighted by Crippen LogP contribution is 2.25. The number of hydrogen-bond donors (Lipinski definition) is 2. The molecule has 0 saturated heterocycles. The topological polar surface area (TPSA) is 44.4 Å². The molecule has 1 aliphatic rings. The van der Waals surface area contributed by atoms with Gasteiger partial charge in [0.25, 0.3) is 0 Å². The van der Waals surface area contributed by atoms with Crippen LogP contribution in [0.3, 0.4) is 0 Å². The molecule has 116 valence electrons. The lowest BCUT2D eigenvalue weighted by molar-refractivity contribution is 0.250. The quantitative estimate of drug-likeness (QED) is 0.865. The Hall–Kier alpha value is -1.71. The average Bonchev–Trinajstić information content (AvgIpc) is 2.49. The van der Waals surface area contributed by atoms with Crippen molar-refractivity contribution in [3.05, 3.63) is 24.3 Å². The number of carbonyl (C=O) groups excluding carboxylic acids is 1. The minimum Gasteiger partial charge on any atom is -0.378 e. The van der Waals surface area contributed by atoms with Crippen molar-refractivity contribution in [3.63, 3.8) is 0 Å². The van der Waals surface area contributed by atoms with E-state index in [1.165, 1.54) is 32.1 Å². The molecule has 0 spiro atoms. The van der Waals surface area contributed by atoms with Crippen LogP contribution in [0, 0.1) is 5.92 Å². The van der Waals surface area contributed by atoms with Gasteiger partial charge in [0.05, 0.1) is 0 Å². The summed E-state index contributed by atoms with van der Waals surface area (Å²) < 4.78 is 0. The number of amides is 2. The molecule has 1 aromatic carbocycles. The van der Waals surface area contributed by atoms with Gasteiger partial charge in [-0.3, -0.25) is 0 Å². The maximum atomic E-state index is 11.8. The van der Waals surface area contributed by atoms with Gasteiger partial charge in [0, 0.05) is 32.0 Å². The summed E-state index contributed by atoms with van der Waals surface area (Å²) in [6.45, 7) is 0.770. The van der Waals surface area contributed by atoms with Crippen LogP contribution < -0.4 is 15.5 Å². The Labute approximate surface area is 127 Å². The van der Waals surface area contributed by atoms with Crippen LogP contribution in [0.1, 0.15) is 38.5 Å². The summed E-state index contributed by atoms with van der Waals surface area (Å²) in [7, 11) is 4.00. The number of hydrogen-bond acceptors (Lipinski definition) is 2.